The highest BCUT2D eigenvalue weighted by Gasteiger charge is 2.20. The van der Waals surface area contributed by atoms with E-state index in [1.807, 2.05) is 37.3 Å². The fourth-order valence-electron chi connectivity index (χ4n) is 2.26. The van der Waals surface area contributed by atoms with Crippen molar-refractivity contribution < 1.29 is 14.9 Å². The van der Waals surface area contributed by atoms with Crippen molar-refractivity contribution in [2.45, 2.75) is 25.5 Å². The van der Waals surface area contributed by atoms with Crippen LogP contribution >= 0.6 is 15.9 Å². The molecule has 2 aromatic rings. The van der Waals surface area contributed by atoms with Gasteiger partial charge in [0.2, 0.25) is 0 Å². The fraction of sp³-hybridized carbons (Fsp3) is 0.294. The highest BCUT2D eigenvalue weighted by Crippen LogP contribution is 2.37. The van der Waals surface area contributed by atoms with Crippen LogP contribution in [0, 0.1) is 0 Å². The lowest BCUT2D eigenvalue weighted by molar-refractivity contribution is 0.145. The van der Waals surface area contributed by atoms with Crippen molar-refractivity contribution in [1.82, 2.24) is 0 Å². The van der Waals surface area contributed by atoms with E-state index < -0.39 is 12.1 Å². The molecule has 118 valence electrons. The maximum atomic E-state index is 10.4. The van der Waals surface area contributed by atoms with E-state index in [4.69, 9.17) is 10.5 Å². The summed E-state index contributed by atoms with van der Waals surface area (Å²) in [5.74, 6) is 0.393. The van der Waals surface area contributed by atoms with Gasteiger partial charge in [-0.1, -0.05) is 30.3 Å². The van der Waals surface area contributed by atoms with Gasteiger partial charge in [0.25, 0.3) is 0 Å². The molecule has 0 saturated carbocycles. The molecule has 4 nitrogen and oxygen atoms in total. The molecule has 2 rings (SSSR count). The summed E-state index contributed by atoms with van der Waals surface area (Å²) in [5, 5.41) is 20.3. The molecule has 0 aliphatic heterocycles. The molecule has 2 aromatic carbocycles. The number of rotatable bonds is 6. The zero-order chi connectivity index (χ0) is 16.1. The summed E-state index contributed by atoms with van der Waals surface area (Å²) in [6.45, 7) is 2.27. The van der Waals surface area contributed by atoms with Crippen LogP contribution in [0.2, 0.25) is 0 Å². The smallest absolute Gasteiger partial charge is 0.172 e. The molecule has 22 heavy (non-hydrogen) atoms. The maximum Gasteiger partial charge on any atom is 0.172 e. The van der Waals surface area contributed by atoms with Crippen LogP contribution in [0.3, 0.4) is 0 Å². The molecular weight excluding hydrogens is 346 g/mol. The number of aromatic hydroxyl groups is 1. The van der Waals surface area contributed by atoms with Gasteiger partial charge in [-0.15, -0.1) is 0 Å². The SMILES string of the molecule is CCOc1cc([C@@H](N)[C@@H](O)Cc2ccccc2)cc(Br)c1O. The van der Waals surface area contributed by atoms with Crippen molar-refractivity contribution in [3.05, 3.63) is 58.1 Å². The Morgan fingerprint density at radius 1 is 1.23 bits per heavy atom. The van der Waals surface area contributed by atoms with Gasteiger partial charge in [-0.3, -0.25) is 0 Å². The van der Waals surface area contributed by atoms with E-state index in [9.17, 15) is 10.2 Å². The minimum Gasteiger partial charge on any atom is -0.503 e. The number of aliphatic hydroxyl groups is 1. The van der Waals surface area contributed by atoms with Gasteiger partial charge in [0, 0.05) is 6.42 Å². The maximum absolute atomic E-state index is 10.4. The molecule has 4 N–H and O–H groups in total. The monoisotopic (exact) mass is 365 g/mol. The van der Waals surface area contributed by atoms with Crippen molar-refractivity contribution in [3.63, 3.8) is 0 Å². The molecule has 0 spiro atoms. The Kier molecular flexibility index (Phi) is 5.83. The molecule has 0 unspecified atom stereocenters. The highest BCUT2D eigenvalue weighted by molar-refractivity contribution is 9.10. The van der Waals surface area contributed by atoms with Crippen molar-refractivity contribution in [2.24, 2.45) is 5.73 Å². The first-order valence-corrected chi connectivity index (χ1v) is 7.95. The molecule has 0 amide bonds. The van der Waals surface area contributed by atoms with E-state index in [2.05, 4.69) is 15.9 Å². The number of ether oxygens (including phenoxy) is 1. The van der Waals surface area contributed by atoms with Crippen LogP contribution in [0.4, 0.5) is 0 Å². The lowest BCUT2D eigenvalue weighted by Crippen LogP contribution is -2.28. The van der Waals surface area contributed by atoms with Crippen molar-refractivity contribution >= 4 is 15.9 Å². The summed E-state index contributed by atoms with van der Waals surface area (Å²) in [6.07, 6.45) is -0.266. The van der Waals surface area contributed by atoms with E-state index in [0.717, 1.165) is 5.56 Å². The number of nitrogens with two attached hydrogens (primary N) is 1. The first-order chi connectivity index (χ1) is 10.5. The minimum atomic E-state index is -0.728. The number of halogens is 1. The number of benzene rings is 2. The highest BCUT2D eigenvalue weighted by atomic mass is 79.9. The van der Waals surface area contributed by atoms with Gasteiger partial charge in [0.1, 0.15) is 0 Å². The van der Waals surface area contributed by atoms with Gasteiger partial charge in [-0.05, 0) is 46.1 Å². The second-order valence-electron chi connectivity index (χ2n) is 5.07. The summed E-state index contributed by atoms with van der Waals surface area (Å²) < 4.78 is 5.89. The van der Waals surface area contributed by atoms with Gasteiger partial charge in [-0.2, -0.15) is 0 Å². The molecule has 0 fully saturated rings. The standard InChI is InChI=1S/C17H20BrNO3/c1-2-22-15-10-12(9-13(18)17(15)21)16(19)14(20)8-11-6-4-3-5-7-11/h3-7,9-10,14,16,20-21H,2,8,19H2,1H3/t14-,16+/m0/s1. The van der Waals surface area contributed by atoms with Crippen LogP contribution in [-0.4, -0.2) is 22.9 Å². The normalized spacial score (nSPS) is 13.6. The second kappa shape index (κ2) is 7.63. The average molecular weight is 366 g/mol. The first-order valence-electron chi connectivity index (χ1n) is 7.15. The Morgan fingerprint density at radius 2 is 1.91 bits per heavy atom. The van der Waals surface area contributed by atoms with Crippen LogP contribution in [0.15, 0.2) is 46.9 Å². The van der Waals surface area contributed by atoms with Gasteiger partial charge >= 0.3 is 0 Å². The van der Waals surface area contributed by atoms with E-state index in [1.54, 1.807) is 12.1 Å². The average Bonchev–Trinajstić information content (AvgIpc) is 2.52. The third-order valence-electron chi connectivity index (χ3n) is 3.44. The largest absolute Gasteiger partial charge is 0.503 e. The third-order valence-corrected chi connectivity index (χ3v) is 4.04. The predicted octanol–water partition coefficient (Wildman–Crippen LogP) is 3.16. The van der Waals surface area contributed by atoms with Crippen LogP contribution in [0.1, 0.15) is 24.1 Å². The Labute approximate surface area is 138 Å². The summed E-state index contributed by atoms with van der Waals surface area (Å²) in [5.41, 5.74) is 7.89. The molecule has 0 saturated heterocycles. The lowest BCUT2D eigenvalue weighted by atomic mass is 9.96. The molecule has 5 heteroatoms. The molecule has 0 aliphatic rings. The Bertz CT molecular complexity index is 619. The molecular formula is C17H20BrNO3. The van der Waals surface area contributed by atoms with Gasteiger partial charge in [0.05, 0.1) is 23.2 Å². The van der Waals surface area contributed by atoms with Crippen LogP contribution in [0.25, 0.3) is 0 Å². The van der Waals surface area contributed by atoms with Gasteiger partial charge < -0.3 is 20.7 Å². The topological polar surface area (TPSA) is 75.7 Å². The molecule has 0 aromatic heterocycles. The fourth-order valence-corrected chi connectivity index (χ4v) is 2.72. The van der Waals surface area contributed by atoms with E-state index >= 15 is 0 Å². The second-order valence-corrected chi connectivity index (χ2v) is 5.92. The van der Waals surface area contributed by atoms with Crippen molar-refractivity contribution in [1.29, 1.82) is 0 Å². The van der Waals surface area contributed by atoms with Crippen LogP contribution < -0.4 is 10.5 Å². The number of phenolic OH excluding ortho intramolecular Hbond substituents is 1. The molecule has 0 aliphatic carbocycles. The zero-order valence-corrected chi connectivity index (χ0v) is 14.0. The number of hydrogen-bond acceptors (Lipinski definition) is 4. The van der Waals surface area contributed by atoms with Crippen LogP contribution in [-0.2, 0) is 6.42 Å². The van der Waals surface area contributed by atoms with Crippen molar-refractivity contribution in [3.8, 4) is 11.5 Å². The summed E-state index contributed by atoms with van der Waals surface area (Å²) >= 11 is 3.28. The van der Waals surface area contributed by atoms with E-state index in [0.29, 0.717) is 28.8 Å². The zero-order valence-electron chi connectivity index (χ0n) is 12.4. The molecule has 2 atom stereocenters. The Morgan fingerprint density at radius 3 is 2.55 bits per heavy atom. The Hall–Kier alpha value is -1.56. The molecule has 0 radical (unpaired) electrons. The predicted molar refractivity (Wildman–Crippen MR) is 90.1 cm³/mol. The minimum absolute atomic E-state index is 0.0374. The quantitative estimate of drug-likeness (QED) is 0.734. The lowest BCUT2D eigenvalue weighted by Gasteiger charge is -2.21. The Balaban J connectivity index is 2.19. The number of hydrogen-bond donors (Lipinski definition) is 3. The number of phenols is 1. The number of aliphatic hydroxyl groups excluding tert-OH is 1. The summed E-state index contributed by atoms with van der Waals surface area (Å²) in [6, 6.07) is 12.5. The summed E-state index contributed by atoms with van der Waals surface area (Å²) in [4.78, 5) is 0. The molecule has 0 bridgehead atoms. The third kappa shape index (κ3) is 4.00. The first kappa shape index (κ1) is 16.8. The molecule has 0 heterocycles. The van der Waals surface area contributed by atoms with Gasteiger partial charge in [0.15, 0.2) is 11.5 Å². The van der Waals surface area contributed by atoms with E-state index in [-0.39, 0.29) is 5.75 Å². The summed E-state index contributed by atoms with van der Waals surface area (Å²) in [7, 11) is 0. The van der Waals surface area contributed by atoms with E-state index in [1.165, 1.54) is 0 Å². The van der Waals surface area contributed by atoms with Crippen molar-refractivity contribution in [2.75, 3.05) is 6.61 Å². The van der Waals surface area contributed by atoms with Crippen LogP contribution in [0.5, 0.6) is 11.5 Å². The van der Waals surface area contributed by atoms with Gasteiger partial charge in [-0.25, -0.2) is 0 Å².